The van der Waals surface area contributed by atoms with Gasteiger partial charge in [0.1, 0.15) is 0 Å². The lowest BCUT2D eigenvalue weighted by molar-refractivity contribution is -0.138. The molecule has 8 heteroatoms. The Kier molecular flexibility index (Phi) is 3.53. The maximum absolute atomic E-state index is 12.8. The standard InChI is InChI=1S/C13H19N3O4S/c1-15-12(4-5-14-15)21(19,20)16-10-2-3-11(16)7-9(6-10)8-13(17)18/h4-5,9-11H,2-3,6-8H2,1H3,(H,17,18). The molecule has 7 nitrogen and oxygen atoms in total. The number of fused-ring (bicyclic) bond motifs is 2. The van der Waals surface area contributed by atoms with Crippen molar-refractivity contribution < 1.29 is 18.3 Å². The van der Waals surface area contributed by atoms with Crippen molar-refractivity contribution in [3.8, 4) is 0 Å². The van der Waals surface area contributed by atoms with Crippen molar-refractivity contribution in [2.45, 2.75) is 49.2 Å². The van der Waals surface area contributed by atoms with Crippen LogP contribution in [0.2, 0.25) is 0 Å². The molecule has 0 spiro atoms. The lowest BCUT2D eigenvalue weighted by Gasteiger charge is -2.37. The lowest BCUT2D eigenvalue weighted by Crippen LogP contribution is -2.47. The van der Waals surface area contributed by atoms with Crippen LogP contribution < -0.4 is 0 Å². The number of nitrogens with zero attached hydrogens (tertiary/aromatic N) is 3. The first-order chi connectivity index (χ1) is 9.89. The average molecular weight is 313 g/mol. The highest BCUT2D eigenvalue weighted by molar-refractivity contribution is 7.89. The molecule has 0 amide bonds. The number of sulfonamides is 1. The first-order valence-electron chi connectivity index (χ1n) is 7.13. The van der Waals surface area contributed by atoms with Gasteiger partial charge >= 0.3 is 5.97 Å². The summed E-state index contributed by atoms with van der Waals surface area (Å²) in [6.07, 6.45) is 4.52. The molecular weight excluding hydrogens is 294 g/mol. The predicted molar refractivity (Wildman–Crippen MR) is 74.0 cm³/mol. The second-order valence-corrected chi connectivity index (χ2v) is 7.74. The van der Waals surface area contributed by atoms with E-state index in [1.807, 2.05) is 0 Å². The smallest absolute Gasteiger partial charge is 0.303 e. The van der Waals surface area contributed by atoms with Gasteiger partial charge in [0.25, 0.3) is 10.0 Å². The van der Waals surface area contributed by atoms with E-state index in [0.29, 0.717) is 12.8 Å². The number of piperidine rings is 1. The van der Waals surface area contributed by atoms with Gasteiger partial charge in [-0.1, -0.05) is 0 Å². The maximum Gasteiger partial charge on any atom is 0.303 e. The van der Waals surface area contributed by atoms with Crippen LogP contribution in [-0.4, -0.2) is 45.7 Å². The monoisotopic (exact) mass is 313 g/mol. The van der Waals surface area contributed by atoms with E-state index in [2.05, 4.69) is 5.10 Å². The van der Waals surface area contributed by atoms with Crippen molar-refractivity contribution in [3.63, 3.8) is 0 Å². The minimum atomic E-state index is -3.55. The fourth-order valence-corrected chi connectivity index (χ4v) is 5.77. The molecule has 0 aliphatic carbocycles. The number of aliphatic carboxylic acids is 1. The minimum Gasteiger partial charge on any atom is -0.481 e. The fourth-order valence-electron chi connectivity index (χ4n) is 3.78. The number of rotatable bonds is 4. The Bertz CT molecular complexity index is 640. The van der Waals surface area contributed by atoms with Crippen molar-refractivity contribution in [2.24, 2.45) is 13.0 Å². The van der Waals surface area contributed by atoms with Gasteiger partial charge in [0, 0.05) is 25.6 Å². The second-order valence-electron chi connectivity index (χ2n) is 5.95. The molecular formula is C13H19N3O4S. The number of carboxylic acid groups (broad SMARTS) is 1. The Hall–Kier alpha value is -1.41. The molecule has 116 valence electrons. The summed E-state index contributed by atoms with van der Waals surface area (Å²) in [6.45, 7) is 0. The van der Waals surface area contributed by atoms with E-state index < -0.39 is 16.0 Å². The third-order valence-corrected chi connectivity index (χ3v) is 6.63. The highest BCUT2D eigenvalue weighted by Crippen LogP contribution is 2.42. The highest BCUT2D eigenvalue weighted by atomic mass is 32.2. The minimum absolute atomic E-state index is 0.0759. The Labute approximate surface area is 123 Å². The molecule has 0 saturated carbocycles. The SMILES string of the molecule is Cn1nccc1S(=O)(=O)N1C2CCC1CC(CC(=O)O)C2. The van der Waals surface area contributed by atoms with Crippen molar-refractivity contribution in [3.05, 3.63) is 12.3 Å². The Balaban J connectivity index is 1.86. The zero-order valence-electron chi connectivity index (χ0n) is 11.8. The van der Waals surface area contributed by atoms with Crippen molar-refractivity contribution in [2.75, 3.05) is 0 Å². The molecule has 2 bridgehead atoms. The van der Waals surface area contributed by atoms with Gasteiger partial charge in [0.2, 0.25) is 0 Å². The van der Waals surface area contributed by atoms with Crippen LogP contribution >= 0.6 is 0 Å². The van der Waals surface area contributed by atoms with Crippen LogP contribution in [0.3, 0.4) is 0 Å². The molecule has 2 fully saturated rings. The molecule has 1 aromatic rings. The molecule has 3 rings (SSSR count). The van der Waals surface area contributed by atoms with E-state index in [1.54, 1.807) is 11.4 Å². The summed E-state index contributed by atoms with van der Waals surface area (Å²) in [5.41, 5.74) is 0. The summed E-state index contributed by atoms with van der Waals surface area (Å²) in [5.74, 6) is -0.722. The highest BCUT2D eigenvalue weighted by Gasteiger charge is 2.48. The Morgan fingerprint density at radius 1 is 1.38 bits per heavy atom. The van der Waals surface area contributed by atoms with E-state index in [-0.39, 0.29) is 29.4 Å². The van der Waals surface area contributed by atoms with Gasteiger partial charge in [-0.15, -0.1) is 0 Å². The molecule has 1 N–H and O–H groups in total. The van der Waals surface area contributed by atoms with Gasteiger partial charge in [-0.05, 0) is 37.7 Å². The second kappa shape index (κ2) is 5.10. The van der Waals surface area contributed by atoms with E-state index in [1.165, 1.54) is 16.9 Å². The summed E-state index contributed by atoms with van der Waals surface area (Å²) in [4.78, 5) is 10.9. The Morgan fingerprint density at radius 2 is 2.00 bits per heavy atom. The van der Waals surface area contributed by atoms with Crippen molar-refractivity contribution in [1.29, 1.82) is 0 Å². The number of hydrogen-bond acceptors (Lipinski definition) is 4. The topological polar surface area (TPSA) is 92.5 Å². The number of hydrogen-bond donors (Lipinski definition) is 1. The molecule has 21 heavy (non-hydrogen) atoms. The van der Waals surface area contributed by atoms with Crippen LogP contribution in [0.4, 0.5) is 0 Å². The van der Waals surface area contributed by atoms with E-state index in [9.17, 15) is 13.2 Å². The quantitative estimate of drug-likeness (QED) is 0.888. The maximum atomic E-state index is 12.8. The first-order valence-corrected chi connectivity index (χ1v) is 8.57. The largest absolute Gasteiger partial charge is 0.481 e. The average Bonchev–Trinajstić information content (AvgIpc) is 2.92. The normalized spacial score (nSPS) is 29.7. The number of carbonyl (C=O) groups is 1. The molecule has 2 atom stereocenters. The van der Waals surface area contributed by atoms with Crippen LogP contribution in [0.25, 0.3) is 0 Å². The predicted octanol–water partition coefficient (Wildman–Crippen LogP) is 0.826. The zero-order valence-corrected chi connectivity index (χ0v) is 12.7. The van der Waals surface area contributed by atoms with Gasteiger partial charge in [-0.25, -0.2) is 8.42 Å². The van der Waals surface area contributed by atoms with Gasteiger partial charge in [0.15, 0.2) is 5.03 Å². The van der Waals surface area contributed by atoms with E-state index in [4.69, 9.17) is 5.11 Å². The van der Waals surface area contributed by atoms with E-state index in [0.717, 1.165) is 12.8 Å². The van der Waals surface area contributed by atoms with Gasteiger partial charge in [0.05, 0.1) is 6.20 Å². The van der Waals surface area contributed by atoms with Crippen LogP contribution in [0.15, 0.2) is 17.3 Å². The third-order valence-electron chi connectivity index (χ3n) is 4.54. The lowest BCUT2D eigenvalue weighted by atomic mass is 9.90. The molecule has 2 saturated heterocycles. The number of carboxylic acids is 1. The third kappa shape index (κ3) is 2.46. The van der Waals surface area contributed by atoms with Gasteiger partial charge in [-0.2, -0.15) is 9.40 Å². The number of aryl methyl sites for hydroxylation is 1. The molecule has 0 aromatic carbocycles. The van der Waals surface area contributed by atoms with Crippen LogP contribution in [0.1, 0.15) is 32.1 Å². The summed E-state index contributed by atoms with van der Waals surface area (Å²) < 4.78 is 28.6. The Morgan fingerprint density at radius 3 is 2.48 bits per heavy atom. The van der Waals surface area contributed by atoms with Gasteiger partial charge in [-0.3, -0.25) is 9.48 Å². The van der Waals surface area contributed by atoms with Gasteiger partial charge < -0.3 is 5.11 Å². The molecule has 2 aliphatic heterocycles. The van der Waals surface area contributed by atoms with Crippen molar-refractivity contribution >= 4 is 16.0 Å². The first kappa shape index (κ1) is 14.5. The fraction of sp³-hybridized carbons (Fsp3) is 0.692. The molecule has 1 aromatic heterocycles. The van der Waals surface area contributed by atoms with E-state index >= 15 is 0 Å². The van der Waals surface area contributed by atoms with Crippen LogP contribution in [0.5, 0.6) is 0 Å². The van der Waals surface area contributed by atoms with Crippen molar-refractivity contribution in [1.82, 2.24) is 14.1 Å². The zero-order chi connectivity index (χ0) is 15.2. The summed E-state index contributed by atoms with van der Waals surface area (Å²) in [5, 5.41) is 13.1. The summed E-state index contributed by atoms with van der Waals surface area (Å²) >= 11 is 0. The summed E-state index contributed by atoms with van der Waals surface area (Å²) in [6, 6.07) is 1.36. The van der Waals surface area contributed by atoms with Crippen LogP contribution in [-0.2, 0) is 21.9 Å². The molecule has 2 unspecified atom stereocenters. The van der Waals surface area contributed by atoms with Crippen LogP contribution in [0, 0.1) is 5.92 Å². The number of aromatic nitrogens is 2. The molecule has 0 radical (unpaired) electrons. The summed E-state index contributed by atoms with van der Waals surface area (Å²) in [7, 11) is -1.93. The molecule has 2 aliphatic rings. The molecule has 3 heterocycles.